The molecule has 1 aromatic carbocycles. The van der Waals surface area contributed by atoms with Crippen LogP contribution in [0.1, 0.15) is 16.2 Å². The number of pyridine rings is 2. The lowest BCUT2D eigenvalue weighted by Crippen LogP contribution is -2.24. The molecule has 7 heteroatoms. The second-order valence-electron chi connectivity index (χ2n) is 5.62. The number of nitrogens with zero attached hydrogens (tertiary/aromatic N) is 2. The predicted molar refractivity (Wildman–Crippen MR) is 102 cm³/mol. The Morgan fingerprint density at radius 2 is 1.89 bits per heavy atom. The largest absolute Gasteiger partial charge is 0.497 e. The van der Waals surface area contributed by atoms with Gasteiger partial charge in [0.15, 0.2) is 0 Å². The summed E-state index contributed by atoms with van der Waals surface area (Å²) in [5.41, 5.74) is 2.52. The van der Waals surface area contributed by atoms with E-state index in [9.17, 15) is 4.79 Å². The van der Waals surface area contributed by atoms with E-state index in [1.54, 1.807) is 38.7 Å². The molecule has 138 valence electrons. The van der Waals surface area contributed by atoms with Crippen LogP contribution >= 0.6 is 0 Å². The lowest BCUT2D eigenvalue weighted by Gasteiger charge is -2.13. The van der Waals surface area contributed by atoms with Crippen molar-refractivity contribution in [1.29, 1.82) is 0 Å². The van der Waals surface area contributed by atoms with Gasteiger partial charge < -0.3 is 20.1 Å². The number of carbonyl (C=O) groups excluding carboxylic acids is 1. The molecular formula is C20H20N4O3. The third-order valence-corrected chi connectivity index (χ3v) is 3.83. The molecule has 3 aromatic rings. The first-order valence-corrected chi connectivity index (χ1v) is 8.33. The van der Waals surface area contributed by atoms with E-state index in [2.05, 4.69) is 20.6 Å². The summed E-state index contributed by atoms with van der Waals surface area (Å²) < 4.78 is 10.6. The summed E-state index contributed by atoms with van der Waals surface area (Å²) in [7, 11) is 3.19. The highest BCUT2D eigenvalue weighted by molar-refractivity contribution is 5.93. The Bertz CT molecular complexity index is 916. The zero-order valence-electron chi connectivity index (χ0n) is 15.1. The van der Waals surface area contributed by atoms with Gasteiger partial charge in [-0.15, -0.1) is 0 Å². The molecule has 0 aliphatic heterocycles. The topological polar surface area (TPSA) is 85.4 Å². The van der Waals surface area contributed by atoms with Crippen LogP contribution in [0.15, 0.2) is 60.9 Å². The SMILES string of the molecule is COc1ccc(OC)c(Nc2ccnc(C(=O)NCc3ccccn3)c2)c1. The highest BCUT2D eigenvalue weighted by Crippen LogP contribution is 2.31. The van der Waals surface area contributed by atoms with E-state index in [0.29, 0.717) is 29.4 Å². The minimum absolute atomic E-state index is 0.276. The molecule has 0 bridgehead atoms. The van der Waals surface area contributed by atoms with Crippen LogP contribution in [-0.2, 0) is 6.54 Å². The van der Waals surface area contributed by atoms with Crippen LogP contribution in [0.25, 0.3) is 0 Å². The third-order valence-electron chi connectivity index (χ3n) is 3.83. The van der Waals surface area contributed by atoms with Crippen molar-refractivity contribution in [3.05, 3.63) is 72.3 Å². The van der Waals surface area contributed by atoms with Gasteiger partial charge in [-0.05, 0) is 36.4 Å². The van der Waals surface area contributed by atoms with Gasteiger partial charge in [-0.1, -0.05) is 6.07 Å². The first-order valence-electron chi connectivity index (χ1n) is 8.33. The van der Waals surface area contributed by atoms with Crippen molar-refractivity contribution in [2.45, 2.75) is 6.54 Å². The highest BCUT2D eigenvalue weighted by Gasteiger charge is 2.10. The Morgan fingerprint density at radius 3 is 2.63 bits per heavy atom. The fourth-order valence-corrected chi connectivity index (χ4v) is 2.46. The molecule has 0 unspecified atom stereocenters. The lowest BCUT2D eigenvalue weighted by atomic mass is 10.2. The van der Waals surface area contributed by atoms with E-state index in [1.165, 1.54) is 0 Å². The molecule has 0 atom stereocenters. The van der Waals surface area contributed by atoms with Crippen molar-refractivity contribution < 1.29 is 14.3 Å². The number of hydrogen-bond donors (Lipinski definition) is 2. The summed E-state index contributed by atoms with van der Waals surface area (Å²) in [6, 6.07) is 14.4. The molecular weight excluding hydrogens is 344 g/mol. The van der Waals surface area contributed by atoms with Crippen LogP contribution in [0.5, 0.6) is 11.5 Å². The molecule has 2 aromatic heterocycles. The number of nitrogens with one attached hydrogen (secondary N) is 2. The zero-order chi connectivity index (χ0) is 19.1. The number of rotatable bonds is 7. The first kappa shape index (κ1) is 18.2. The van der Waals surface area contributed by atoms with Crippen molar-refractivity contribution in [1.82, 2.24) is 15.3 Å². The van der Waals surface area contributed by atoms with Crippen LogP contribution in [0.4, 0.5) is 11.4 Å². The van der Waals surface area contributed by atoms with Crippen LogP contribution in [0.3, 0.4) is 0 Å². The average molecular weight is 364 g/mol. The second kappa shape index (κ2) is 8.66. The fourth-order valence-electron chi connectivity index (χ4n) is 2.46. The number of anilines is 2. The van der Waals surface area contributed by atoms with Crippen LogP contribution in [0, 0.1) is 0 Å². The van der Waals surface area contributed by atoms with Gasteiger partial charge >= 0.3 is 0 Å². The quantitative estimate of drug-likeness (QED) is 0.670. The summed E-state index contributed by atoms with van der Waals surface area (Å²) in [5.74, 6) is 1.08. The lowest BCUT2D eigenvalue weighted by molar-refractivity contribution is 0.0945. The smallest absolute Gasteiger partial charge is 0.270 e. The van der Waals surface area contributed by atoms with E-state index >= 15 is 0 Å². The van der Waals surface area contributed by atoms with Crippen LogP contribution < -0.4 is 20.1 Å². The number of aromatic nitrogens is 2. The van der Waals surface area contributed by atoms with E-state index in [4.69, 9.17) is 9.47 Å². The normalized spacial score (nSPS) is 10.1. The zero-order valence-corrected chi connectivity index (χ0v) is 15.1. The van der Waals surface area contributed by atoms with Gasteiger partial charge in [0.1, 0.15) is 17.2 Å². The predicted octanol–water partition coefficient (Wildman–Crippen LogP) is 3.17. The molecule has 7 nitrogen and oxygen atoms in total. The molecule has 27 heavy (non-hydrogen) atoms. The Labute approximate surface area is 157 Å². The molecule has 0 spiro atoms. The molecule has 0 aliphatic carbocycles. The van der Waals surface area contributed by atoms with Crippen molar-refractivity contribution in [3.63, 3.8) is 0 Å². The monoisotopic (exact) mass is 364 g/mol. The molecule has 0 saturated carbocycles. The van der Waals surface area contributed by atoms with Gasteiger partial charge in [0.05, 0.1) is 32.1 Å². The van der Waals surface area contributed by atoms with Crippen molar-refractivity contribution >= 4 is 17.3 Å². The average Bonchev–Trinajstić information content (AvgIpc) is 2.73. The van der Waals surface area contributed by atoms with Gasteiger partial charge in [-0.25, -0.2) is 0 Å². The molecule has 0 saturated heterocycles. The van der Waals surface area contributed by atoms with Gasteiger partial charge in [-0.2, -0.15) is 0 Å². The summed E-state index contributed by atoms with van der Waals surface area (Å²) in [4.78, 5) is 20.7. The maximum atomic E-state index is 12.4. The number of carbonyl (C=O) groups is 1. The molecule has 0 radical (unpaired) electrons. The number of ether oxygens (including phenoxy) is 2. The minimum Gasteiger partial charge on any atom is -0.497 e. The Kier molecular flexibility index (Phi) is 5.84. The van der Waals surface area contributed by atoms with Crippen LogP contribution in [-0.4, -0.2) is 30.1 Å². The van der Waals surface area contributed by atoms with Crippen molar-refractivity contribution in [2.75, 3.05) is 19.5 Å². The van der Waals surface area contributed by atoms with E-state index < -0.39 is 0 Å². The summed E-state index contributed by atoms with van der Waals surface area (Å²) in [5, 5.41) is 6.04. The minimum atomic E-state index is -0.276. The number of benzene rings is 1. The fraction of sp³-hybridized carbons (Fsp3) is 0.150. The molecule has 3 rings (SSSR count). The van der Waals surface area contributed by atoms with Gasteiger partial charge in [0.25, 0.3) is 5.91 Å². The first-order chi connectivity index (χ1) is 13.2. The third kappa shape index (κ3) is 4.72. The Morgan fingerprint density at radius 1 is 1.00 bits per heavy atom. The summed E-state index contributed by atoms with van der Waals surface area (Å²) >= 11 is 0. The molecule has 0 aliphatic rings. The highest BCUT2D eigenvalue weighted by atomic mass is 16.5. The maximum Gasteiger partial charge on any atom is 0.270 e. The Hall–Kier alpha value is -3.61. The summed E-state index contributed by atoms with van der Waals surface area (Å²) in [6.07, 6.45) is 3.26. The van der Waals surface area contributed by atoms with Crippen molar-refractivity contribution in [3.8, 4) is 11.5 Å². The van der Waals surface area contributed by atoms with Crippen LogP contribution in [0.2, 0.25) is 0 Å². The molecule has 2 heterocycles. The number of amides is 1. The second-order valence-corrected chi connectivity index (χ2v) is 5.62. The van der Waals surface area contributed by atoms with Gasteiger partial charge in [0.2, 0.25) is 0 Å². The number of hydrogen-bond acceptors (Lipinski definition) is 6. The molecule has 1 amide bonds. The van der Waals surface area contributed by atoms with E-state index in [1.807, 2.05) is 36.4 Å². The van der Waals surface area contributed by atoms with E-state index in [0.717, 1.165) is 11.4 Å². The molecule has 0 fully saturated rings. The maximum absolute atomic E-state index is 12.4. The van der Waals surface area contributed by atoms with Crippen molar-refractivity contribution in [2.24, 2.45) is 0 Å². The van der Waals surface area contributed by atoms with Gasteiger partial charge in [-0.3, -0.25) is 14.8 Å². The molecule has 2 N–H and O–H groups in total. The van der Waals surface area contributed by atoms with Gasteiger partial charge in [0, 0.05) is 24.1 Å². The summed E-state index contributed by atoms with van der Waals surface area (Å²) in [6.45, 7) is 0.336. The Balaban J connectivity index is 1.73. The standard InChI is InChI=1S/C20H20N4O3/c1-26-16-6-7-19(27-2)17(12-16)24-14-8-10-22-18(11-14)20(25)23-13-15-5-3-4-9-21-15/h3-12H,13H2,1-2H3,(H,22,24)(H,23,25). The number of methoxy groups -OCH3 is 2. The van der Waals surface area contributed by atoms with E-state index in [-0.39, 0.29) is 5.91 Å².